The van der Waals surface area contributed by atoms with Gasteiger partial charge in [0.1, 0.15) is 0 Å². The Kier molecular flexibility index (Phi) is 5.40. The van der Waals surface area contributed by atoms with Crippen molar-refractivity contribution in [1.29, 1.82) is 0 Å². The minimum atomic E-state index is -0.223. The molecular formula is C16H29NO2. The van der Waals surface area contributed by atoms with E-state index in [1.807, 2.05) is 0 Å². The summed E-state index contributed by atoms with van der Waals surface area (Å²) in [7, 11) is 0. The summed E-state index contributed by atoms with van der Waals surface area (Å²) >= 11 is 0. The molecule has 1 atom stereocenters. The second-order valence-corrected chi connectivity index (χ2v) is 6.36. The molecule has 0 aromatic rings. The molecule has 2 aliphatic rings. The molecule has 0 bridgehead atoms. The molecule has 0 radical (unpaired) electrons. The molecule has 110 valence electrons. The van der Waals surface area contributed by atoms with Gasteiger partial charge >= 0.3 is 0 Å². The highest BCUT2D eigenvalue weighted by molar-refractivity contribution is 5.88. The molecule has 19 heavy (non-hydrogen) atoms. The van der Waals surface area contributed by atoms with Crippen LogP contribution in [0.1, 0.15) is 58.8 Å². The van der Waals surface area contributed by atoms with Gasteiger partial charge in [-0.3, -0.25) is 9.69 Å². The molecule has 0 aromatic heterocycles. The van der Waals surface area contributed by atoms with Crippen molar-refractivity contribution in [3.63, 3.8) is 0 Å². The molecule has 3 nitrogen and oxygen atoms in total. The smallest absolute Gasteiger partial charge is 0.153 e. The van der Waals surface area contributed by atoms with E-state index in [0.29, 0.717) is 11.7 Å². The molecule has 2 fully saturated rings. The Bertz CT molecular complexity index is 293. The number of ketones is 1. The molecule has 3 heteroatoms. The standard InChI is InChI=1S/C16H29NO2/c1-3-16(2,17-9-5-4-6-10-17)15(18)13-14-7-11-19-12-8-14/h14H,3-13H2,1-2H3. The Balaban J connectivity index is 1.95. The number of likely N-dealkylation sites (tertiary alicyclic amines) is 1. The Hall–Kier alpha value is -0.410. The molecule has 0 spiro atoms. The van der Waals surface area contributed by atoms with Gasteiger partial charge in [0.2, 0.25) is 0 Å². The molecule has 2 aliphatic heterocycles. The maximum absolute atomic E-state index is 12.8. The summed E-state index contributed by atoms with van der Waals surface area (Å²) in [6.45, 7) is 8.21. The van der Waals surface area contributed by atoms with Gasteiger partial charge in [0.05, 0.1) is 5.54 Å². The van der Waals surface area contributed by atoms with E-state index in [1.54, 1.807) is 0 Å². The normalized spacial score (nSPS) is 26.0. The van der Waals surface area contributed by atoms with Gasteiger partial charge in [0.15, 0.2) is 5.78 Å². The number of nitrogens with zero attached hydrogens (tertiary/aromatic N) is 1. The van der Waals surface area contributed by atoms with Crippen LogP contribution >= 0.6 is 0 Å². The van der Waals surface area contributed by atoms with Crippen molar-refractivity contribution < 1.29 is 9.53 Å². The largest absolute Gasteiger partial charge is 0.381 e. The Morgan fingerprint density at radius 3 is 2.42 bits per heavy atom. The van der Waals surface area contributed by atoms with Crippen LogP contribution in [0.25, 0.3) is 0 Å². The fourth-order valence-electron chi connectivity index (χ4n) is 3.42. The lowest BCUT2D eigenvalue weighted by Gasteiger charge is -2.42. The number of hydrogen-bond donors (Lipinski definition) is 0. The molecule has 0 aliphatic carbocycles. The second-order valence-electron chi connectivity index (χ2n) is 6.36. The van der Waals surface area contributed by atoms with E-state index in [-0.39, 0.29) is 5.54 Å². The number of Topliss-reactive ketones (excluding diaryl/α,β-unsaturated/α-hetero) is 1. The van der Waals surface area contributed by atoms with E-state index < -0.39 is 0 Å². The van der Waals surface area contributed by atoms with Crippen LogP contribution in [-0.2, 0) is 9.53 Å². The van der Waals surface area contributed by atoms with Crippen LogP contribution in [0.4, 0.5) is 0 Å². The van der Waals surface area contributed by atoms with Gasteiger partial charge in [-0.1, -0.05) is 13.3 Å². The van der Waals surface area contributed by atoms with E-state index in [1.165, 1.54) is 19.3 Å². The fourth-order valence-corrected chi connectivity index (χ4v) is 3.42. The zero-order chi connectivity index (χ0) is 13.7. The van der Waals surface area contributed by atoms with Crippen molar-refractivity contribution in [3.05, 3.63) is 0 Å². The zero-order valence-corrected chi connectivity index (χ0v) is 12.6. The number of carbonyl (C=O) groups excluding carboxylic acids is 1. The first-order valence-corrected chi connectivity index (χ1v) is 8.03. The summed E-state index contributed by atoms with van der Waals surface area (Å²) in [5.74, 6) is 1.01. The maximum atomic E-state index is 12.8. The van der Waals surface area contributed by atoms with E-state index in [4.69, 9.17) is 4.74 Å². The Morgan fingerprint density at radius 1 is 1.21 bits per heavy atom. The van der Waals surface area contributed by atoms with Gasteiger partial charge in [-0.15, -0.1) is 0 Å². The predicted molar refractivity (Wildman–Crippen MR) is 77.3 cm³/mol. The second kappa shape index (κ2) is 6.85. The van der Waals surface area contributed by atoms with Gasteiger partial charge in [0, 0.05) is 19.6 Å². The summed E-state index contributed by atoms with van der Waals surface area (Å²) in [5, 5.41) is 0. The van der Waals surface area contributed by atoms with Crippen molar-refractivity contribution in [1.82, 2.24) is 4.90 Å². The van der Waals surface area contributed by atoms with Crippen LogP contribution in [0.2, 0.25) is 0 Å². The first-order chi connectivity index (χ1) is 9.16. The molecule has 2 heterocycles. The maximum Gasteiger partial charge on any atom is 0.153 e. The predicted octanol–water partition coefficient (Wildman–Crippen LogP) is 3.03. The van der Waals surface area contributed by atoms with Gasteiger partial charge in [-0.05, 0) is 58.0 Å². The SMILES string of the molecule is CCC(C)(C(=O)CC1CCOCC1)N1CCCCC1. The van der Waals surface area contributed by atoms with E-state index in [9.17, 15) is 4.79 Å². The monoisotopic (exact) mass is 267 g/mol. The van der Waals surface area contributed by atoms with E-state index >= 15 is 0 Å². The first-order valence-electron chi connectivity index (χ1n) is 8.03. The van der Waals surface area contributed by atoms with E-state index in [2.05, 4.69) is 18.7 Å². The summed E-state index contributed by atoms with van der Waals surface area (Å²) in [5.41, 5.74) is -0.223. The topological polar surface area (TPSA) is 29.5 Å². The molecule has 2 saturated heterocycles. The van der Waals surface area contributed by atoms with E-state index in [0.717, 1.165) is 52.0 Å². The number of hydrogen-bond acceptors (Lipinski definition) is 3. The number of piperidine rings is 1. The quantitative estimate of drug-likeness (QED) is 0.767. The van der Waals surface area contributed by atoms with Crippen LogP contribution in [0.15, 0.2) is 0 Å². The average molecular weight is 267 g/mol. The lowest BCUT2D eigenvalue weighted by atomic mass is 9.82. The van der Waals surface area contributed by atoms with Crippen LogP contribution in [-0.4, -0.2) is 42.5 Å². The Morgan fingerprint density at radius 2 is 1.84 bits per heavy atom. The molecule has 0 N–H and O–H groups in total. The summed E-state index contributed by atoms with van der Waals surface area (Å²) in [4.78, 5) is 15.2. The molecule has 1 unspecified atom stereocenters. The minimum absolute atomic E-state index is 0.223. The number of ether oxygens (including phenoxy) is 1. The number of carbonyl (C=O) groups is 1. The van der Waals surface area contributed by atoms with Crippen molar-refractivity contribution >= 4 is 5.78 Å². The highest BCUT2D eigenvalue weighted by atomic mass is 16.5. The van der Waals surface area contributed by atoms with Gasteiger partial charge in [-0.2, -0.15) is 0 Å². The summed E-state index contributed by atoms with van der Waals surface area (Å²) in [6.07, 6.45) is 7.64. The molecular weight excluding hydrogens is 238 g/mol. The molecule has 2 rings (SSSR count). The van der Waals surface area contributed by atoms with Crippen molar-refractivity contribution in [2.75, 3.05) is 26.3 Å². The van der Waals surface area contributed by atoms with Gasteiger partial charge in [-0.25, -0.2) is 0 Å². The van der Waals surface area contributed by atoms with Crippen LogP contribution < -0.4 is 0 Å². The third-order valence-electron chi connectivity index (χ3n) is 5.16. The Labute approximate surface area is 117 Å². The highest BCUT2D eigenvalue weighted by Gasteiger charge is 2.38. The van der Waals surface area contributed by atoms with Crippen molar-refractivity contribution in [2.24, 2.45) is 5.92 Å². The third kappa shape index (κ3) is 3.57. The minimum Gasteiger partial charge on any atom is -0.381 e. The summed E-state index contributed by atoms with van der Waals surface area (Å²) in [6, 6.07) is 0. The number of rotatable bonds is 5. The molecule has 0 aromatic carbocycles. The first kappa shape index (κ1) is 15.0. The van der Waals surface area contributed by atoms with Gasteiger partial charge < -0.3 is 4.74 Å². The molecule has 0 amide bonds. The highest BCUT2D eigenvalue weighted by Crippen LogP contribution is 2.29. The average Bonchev–Trinajstić information content (AvgIpc) is 2.48. The zero-order valence-electron chi connectivity index (χ0n) is 12.6. The van der Waals surface area contributed by atoms with Crippen molar-refractivity contribution in [2.45, 2.75) is 64.3 Å². The lowest BCUT2D eigenvalue weighted by molar-refractivity contribution is -0.133. The summed E-state index contributed by atoms with van der Waals surface area (Å²) < 4.78 is 5.39. The molecule has 0 saturated carbocycles. The van der Waals surface area contributed by atoms with Crippen LogP contribution in [0.5, 0.6) is 0 Å². The lowest BCUT2D eigenvalue weighted by Crippen LogP contribution is -2.54. The van der Waals surface area contributed by atoms with Gasteiger partial charge in [0.25, 0.3) is 0 Å². The fraction of sp³-hybridized carbons (Fsp3) is 0.938. The van der Waals surface area contributed by atoms with Crippen LogP contribution in [0, 0.1) is 5.92 Å². The van der Waals surface area contributed by atoms with Crippen LogP contribution in [0.3, 0.4) is 0 Å². The third-order valence-corrected chi connectivity index (χ3v) is 5.16. The van der Waals surface area contributed by atoms with Crippen molar-refractivity contribution in [3.8, 4) is 0 Å².